The van der Waals surface area contributed by atoms with E-state index in [1.54, 1.807) is 20.8 Å². The van der Waals surface area contributed by atoms with Gasteiger partial charge >= 0.3 is 18.2 Å². The third kappa shape index (κ3) is 6.70. The number of carboxylic acid groups (broad SMARTS) is 1. The smallest absolute Gasteiger partial charge is 0.420 e. The van der Waals surface area contributed by atoms with Crippen molar-refractivity contribution >= 4 is 18.2 Å². The van der Waals surface area contributed by atoms with E-state index in [4.69, 9.17) is 10.5 Å². The standard InChI is InChI=1S/C13H23FN2O6/c1-13(2,3)22-12(20)16(11(18)19)9(10(17)21-4)6-5-8(14)7-15/h8-9H,5-7,15H2,1-4H3,(H,18,19). The summed E-state index contributed by atoms with van der Waals surface area (Å²) in [6.45, 7) is 4.37. The number of halogens is 1. The molecule has 22 heavy (non-hydrogen) atoms. The van der Waals surface area contributed by atoms with Crippen molar-refractivity contribution in [3.8, 4) is 0 Å². The third-order valence-corrected chi connectivity index (χ3v) is 2.59. The van der Waals surface area contributed by atoms with E-state index >= 15 is 0 Å². The molecule has 0 fully saturated rings. The largest absolute Gasteiger partial charge is 0.467 e. The van der Waals surface area contributed by atoms with Crippen molar-refractivity contribution < 1.29 is 33.4 Å². The summed E-state index contributed by atoms with van der Waals surface area (Å²) in [5, 5.41) is 9.18. The molecule has 0 heterocycles. The van der Waals surface area contributed by atoms with Gasteiger partial charge < -0.3 is 20.3 Å². The highest BCUT2D eigenvalue weighted by atomic mass is 19.1. The molecule has 0 rings (SSSR count). The second-order valence-electron chi connectivity index (χ2n) is 5.58. The van der Waals surface area contributed by atoms with Gasteiger partial charge in [0.2, 0.25) is 0 Å². The van der Waals surface area contributed by atoms with Crippen molar-refractivity contribution in [3.05, 3.63) is 0 Å². The van der Waals surface area contributed by atoms with Crippen LogP contribution in [0, 0.1) is 0 Å². The number of imide groups is 1. The Morgan fingerprint density at radius 2 is 1.82 bits per heavy atom. The molecule has 0 aromatic heterocycles. The minimum absolute atomic E-state index is 0.192. The van der Waals surface area contributed by atoms with Crippen LogP contribution in [-0.2, 0) is 14.3 Å². The van der Waals surface area contributed by atoms with Gasteiger partial charge in [-0.3, -0.25) is 0 Å². The van der Waals surface area contributed by atoms with Gasteiger partial charge in [-0.15, -0.1) is 0 Å². The number of methoxy groups -OCH3 is 1. The van der Waals surface area contributed by atoms with E-state index in [0.29, 0.717) is 0 Å². The van der Waals surface area contributed by atoms with Crippen molar-refractivity contribution in [1.82, 2.24) is 4.90 Å². The Labute approximate surface area is 128 Å². The summed E-state index contributed by atoms with van der Waals surface area (Å²) in [5.74, 6) is -0.975. The lowest BCUT2D eigenvalue weighted by Gasteiger charge is -2.28. The number of carbonyl (C=O) groups excluding carboxylic acids is 2. The first-order valence-corrected chi connectivity index (χ1v) is 6.70. The monoisotopic (exact) mass is 322 g/mol. The fourth-order valence-corrected chi connectivity index (χ4v) is 1.59. The molecule has 0 saturated carbocycles. The van der Waals surface area contributed by atoms with Crippen LogP contribution in [0.5, 0.6) is 0 Å². The molecule has 2 unspecified atom stereocenters. The van der Waals surface area contributed by atoms with Crippen LogP contribution in [0.2, 0.25) is 0 Å². The Hall–Kier alpha value is -1.90. The van der Waals surface area contributed by atoms with Gasteiger partial charge in [-0.2, -0.15) is 4.90 Å². The summed E-state index contributed by atoms with van der Waals surface area (Å²) < 4.78 is 22.7. The first-order chi connectivity index (χ1) is 10.0. The van der Waals surface area contributed by atoms with E-state index in [0.717, 1.165) is 7.11 Å². The molecule has 2 amide bonds. The van der Waals surface area contributed by atoms with Crippen LogP contribution >= 0.6 is 0 Å². The van der Waals surface area contributed by atoms with Crippen molar-refractivity contribution in [2.24, 2.45) is 5.73 Å². The van der Waals surface area contributed by atoms with Crippen LogP contribution in [0.4, 0.5) is 14.0 Å². The number of rotatable bonds is 6. The molecule has 3 N–H and O–H groups in total. The van der Waals surface area contributed by atoms with Gasteiger partial charge in [0.05, 0.1) is 7.11 Å². The quantitative estimate of drug-likeness (QED) is 0.711. The van der Waals surface area contributed by atoms with Gasteiger partial charge in [0.1, 0.15) is 17.8 Å². The van der Waals surface area contributed by atoms with E-state index in [-0.39, 0.29) is 24.3 Å². The van der Waals surface area contributed by atoms with Crippen molar-refractivity contribution in [1.29, 1.82) is 0 Å². The normalized spacial score (nSPS) is 13.9. The fraction of sp³-hybridized carbons (Fsp3) is 0.769. The average Bonchev–Trinajstić information content (AvgIpc) is 2.39. The minimum Gasteiger partial charge on any atom is -0.467 e. The molecule has 0 spiro atoms. The predicted octanol–water partition coefficient (Wildman–Crippen LogP) is 1.52. The second kappa shape index (κ2) is 8.52. The Morgan fingerprint density at radius 3 is 2.18 bits per heavy atom. The van der Waals surface area contributed by atoms with Crippen molar-refractivity contribution in [3.63, 3.8) is 0 Å². The molecule has 128 valence electrons. The molecule has 0 bridgehead atoms. The highest BCUT2D eigenvalue weighted by Gasteiger charge is 2.38. The number of amides is 2. The molecular formula is C13H23FN2O6. The summed E-state index contributed by atoms with van der Waals surface area (Å²) in [7, 11) is 1.04. The maximum Gasteiger partial charge on any atom is 0.420 e. The van der Waals surface area contributed by atoms with E-state index in [1.807, 2.05) is 0 Å². The predicted molar refractivity (Wildman–Crippen MR) is 75.1 cm³/mol. The highest BCUT2D eigenvalue weighted by molar-refractivity contribution is 5.93. The molecule has 0 aromatic carbocycles. The number of carbonyl (C=O) groups is 3. The second-order valence-corrected chi connectivity index (χ2v) is 5.58. The van der Waals surface area contributed by atoms with Crippen LogP contribution in [0.25, 0.3) is 0 Å². The molecule has 9 heteroatoms. The van der Waals surface area contributed by atoms with Gasteiger partial charge in [0, 0.05) is 6.54 Å². The molecule has 0 aromatic rings. The maximum absolute atomic E-state index is 13.2. The van der Waals surface area contributed by atoms with E-state index in [9.17, 15) is 23.9 Å². The number of alkyl halides is 1. The maximum atomic E-state index is 13.2. The molecular weight excluding hydrogens is 299 g/mol. The SMILES string of the molecule is COC(=O)C(CCC(F)CN)N(C(=O)O)C(=O)OC(C)(C)C. The van der Waals surface area contributed by atoms with Crippen LogP contribution in [0.1, 0.15) is 33.6 Å². The third-order valence-electron chi connectivity index (χ3n) is 2.59. The fourth-order valence-electron chi connectivity index (χ4n) is 1.59. The van der Waals surface area contributed by atoms with Gasteiger partial charge in [-0.1, -0.05) is 0 Å². The molecule has 0 aliphatic rings. The van der Waals surface area contributed by atoms with E-state index < -0.39 is 36.0 Å². The lowest BCUT2D eigenvalue weighted by molar-refractivity contribution is -0.146. The number of hydrogen-bond acceptors (Lipinski definition) is 6. The first kappa shape index (κ1) is 20.1. The zero-order chi connectivity index (χ0) is 17.5. The first-order valence-electron chi connectivity index (χ1n) is 6.70. The van der Waals surface area contributed by atoms with Gasteiger partial charge in [-0.05, 0) is 33.6 Å². The number of ether oxygens (including phenoxy) is 2. The number of nitrogens with zero attached hydrogens (tertiary/aromatic N) is 1. The summed E-state index contributed by atoms with van der Waals surface area (Å²) in [6, 6.07) is -1.50. The van der Waals surface area contributed by atoms with Crippen LogP contribution < -0.4 is 5.73 Å². The lowest BCUT2D eigenvalue weighted by Crippen LogP contribution is -2.50. The van der Waals surface area contributed by atoms with Crippen LogP contribution in [-0.4, -0.2) is 59.6 Å². The molecule has 0 saturated heterocycles. The molecule has 8 nitrogen and oxygen atoms in total. The molecule has 2 atom stereocenters. The van der Waals surface area contributed by atoms with E-state index in [2.05, 4.69) is 4.74 Å². The Bertz CT molecular complexity index is 410. The molecule has 0 radical (unpaired) electrons. The zero-order valence-electron chi connectivity index (χ0n) is 13.2. The summed E-state index contributed by atoms with van der Waals surface area (Å²) >= 11 is 0. The summed E-state index contributed by atoms with van der Waals surface area (Å²) in [6.07, 6.45) is -4.77. The average molecular weight is 322 g/mol. The van der Waals surface area contributed by atoms with Gasteiger partial charge in [-0.25, -0.2) is 18.8 Å². The van der Waals surface area contributed by atoms with Gasteiger partial charge in [0.15, 0.2) is 0 Å². The Kier molecular flexibility index (Phi) is 7.78. The molecule has 0 aliphatic heterocycles. The number of hydrogen-bond donors (Lipinski definition) is 2. The topological polar surface area (TPSA) is 119 Å². The highest BCUT2D eigenvalue weighted by Crippen LogP contribution is 2.17. The van der Waals surface area contributed by atoms with E-state index in [1.165, 1.54) is 0 Å². The summed E-state index contributed by atoms with van der Waals surface area (Å²) in [5.41, 5.74) is 4.18. The molecule has 0 aliphatic carbocycles. The Morgan fingerprint density at radius 1 is 1.27 bits per heavy atom. The van der Waals surface area contributed by atoms with Crippen LogP contribution in [0.15, 0.2) is 0 Å². The number of esters is 1. The van der Waals surface area contributed by atoms with Crippen molar-refractivity contribution in [2.45, 2.75) is 51.4 Å². The van der Waals surface area contributed by atoms with Gasteiger partial charge in [0.25, 0.3) is 0 Å². The zero-order valence-corrected chi connectivity index (χ0v) is 13.2. The number of nitrogens with two attached hydrogens (primary N) is 1. The minimum atomic E-state index is -1.69. The van der Waals surface area contributed by atoms with Crippen LogP contribution in [0.3, 0.4) is 0 Å². The Balaban J connectivity index is 5.27. The lowest BCUT2D eigenvalue weighted by atomic mass is 10.1. The van der Waals surface area contributed by atoms with Crippen molar-refractivity contribution in [2.75, 3.05) is 13.7 Å². The summed E-state index contributed by atoms with van der Waals surface area (Å²) in [4.78, 5) is 35.2.